The van der Waals surface area contributed by atoms with E-state index in [0.717, 1.165) is 20.8 Å². The zero-order valence-electron chi connectivity index (χ0n) is 15.7. The van der Waals surface area contributed by atoms with Gasteiger partial charge in [0.1, 0.15) is 5.75 Å². The summed E-state index contributed by atoms with van der Waals surface area (Å²) in [7, 11) is 0. The quantitative estimate of drug-likeness (QED) is 0.177. The molecule has 0 aliphatic heterocycles. The molecule has 1 N–H and O–H groups in total. The Hall–Kier alpha value is -3.08. The van der Waals surface area contributed by atoms with Crippen LogP contribution in [0.4, 0.5) is 4.39 Å². The van der Waals surface area contributed by atoms with E-state index < -0.39 is 5.82 Å². The van der Waals surface area contributed by atoms with E-state index in [-0.39, 0.29) is 22.8 Å². The molecule has 7 nitrogen and oxygen atoms in total. The molecular weight excluding hydrogens is 461 g/mol. The monoisotopic (exact) mass is 473 g/mol. The number of rotatable bonds is 7. The van der Waals surface area contributed by atoms with Crippen LogP contribution >= 0.6 is 34.7 Å². The van der Waals surface area contributed by atoms with Gasteiger partial charge in [-0.25, -0.2) is 15.4 Å². The molecule has 11 heteroatoms. The number of hydrogen-bond acceptors (Lipinski definition) is 8. The molecule has 0 radical (unpaired) electrons. The number of amides is 1. The van der Waals surface area contributed by atoms with Crippen molar-refractivity contribution >= 4 is 57.0 Å². The fourth-order valence-corrected chi connectivity index (χ4v) is 4.37. The van der Waals surface area contributed by atoms with Crippen LogP contribution in [0.15, 0.2) is 64.2 Å². The molecule has 1 amide bonds. The molecule has 31 heavy (non-hydrogen) atoms. The Morgan fingerprint density at radius 1 is 1.23 bits per heavy atom. The van der Waals surface area contributed by atoms with Crippen LogP contribution in [0.2, 0.25) is 5.28 Å². The summed E-state index contributed by atoms with van der Waals surface area (Å²) in [4.78, 5) is 23.7. The summed E-state index contributed by atoms with van der Waals surface area (Å²) < 4.78 is 20.9. The number of nitrogens with one attached hydrogen (secondary N) is 1. The van der Waals surface area contributed by atoms with Gasteiger partial charge < -0.3 is 4.74 Å². The van der Waals surface area contributed by atoms with Crippen molar-refractivity contribution < 1.29 is 13.9 Å². The number of hydrogen-bond donors (Lipinski definition) is 1. The predicted octanol–water partition coefficient (Wildman–Crippen LogP) is 4.91. The Bertz CT molecular complexity index is 1220. The van der Waals surface area contributed by atoms with Crippen molar-refractivity contribution in [2.45, 2.75) is 4.34 Å². The van der Waals surface area contributed by atoms with Crippen LogP contribution < -0.4 is 10.2 Å². The zero-order chi connectivity index (χ0) is 21.6. The van der Waals surface area contributed by atoms with Crippen molar-refractivity contribution in [2.24, 2.45) is 5.10 Å². The molecular formula is C20H13ClFN5O2S2. The average Bonchev–Trinajstić information content (AvgIpc) is 3.19. The first-order valence-electron chi connectivity index (χ1n) is 8.83. The summed E-state index contributed by atoms with van der Waals surface area (Å²) in [5.74, 6) is -0.656. The predicted molar refractivity (Wildman–Crippen MR) is 120 cm³/mol. The molecule has 0 atom stereocenters. The number of benzene rings is 2. The number of para-hydroxylation sites is 1. The molecule has 156 valence electrons. The van der Waals surface area contributed by atoms with Crippen LogP contribution in [-0.4, -0.2) is 32.8 Å². The lowest BCUT2D eigenvalue weighted by atomic mass is 10.2. The third-order valence-corrected chi connectivity index (χ3v) is 6.14. The standard InChI is InChI=1S/C20H13ClFN5O2S2/c21-19-23-10-14(22)18(26-19)29-13-7-5-12(6-8-13)9-24-27-17(28)11-30-20-25-15-3-1-2-4-16(15)31-20/h1-10H,11H2,(H,27,28). The minimum Gasteiger partial charge on any atom is -0.436 e. The maximum Gasteiger partial charge on any atom is 0.260 e. The molecule has 0 aliphatic carbocycles. The van der Waals surface area contributed by atoms with E-state index >= 15 is 0 Å². The van der Waals surface area contributed by atoms with Gasteiger partial charge >= 0.3 is 0 Å². The van der Waals surface area contributed by atoms with E-state index in [2.05, 4.69) is 25.5 Å². The van der Waals surface area contributed by atoms with Gasteiger partial charge in [-0.1, -0.05) is 23.9 Å². The zero-order valence-corrected chi connectivity index (χ0v) is 18.0. The van der Waals surface area contributed by atoms with Gasteiger partial charge in [-0.3, -0.25) is 4.79 Å². The van der Waals surface area contributed by atoms with Crippen LogP contribution in [0.1, 0.15) is 5.56 Å². The highest BCUT2D eigenvalue weighted by Crippen LogP contribution is 2.29. The Kier molecular flexibility index (Phi) is 6.70. The summed E-state index contributed by atoms with van der Waals surface area (Å²) >= 11 is 8.55. The van der Waals surface area contributed by atoms with Gasteiger partial charge in [0.25, 0.3) is 11.8 Å². The number of thiazole rings is 1. The maximum absolute atomic E-state index is 13.6. The van der Waals surface area contributed by atoms with E-state index in [4.69, 9.17) is 16.3 Å². The fraction of sp³-hybridized carbons (Fsp3) is 0.0500. The molecule has 2 aromatic heterocycles. The average molecular weight is 474 g/mol. The second-order valence-electron chi connectivity index (χ2n) is 5.99. The number of fused-ring (bicyclic) bond motifs is 1. The van der Waals surface area contributed by atoms with Crippen molar-refractivity contribution in [2.75, 3.05) is 5.75 Å². The van der Waals surface area contributed by atoms with Gasteiger partial charge in [-0.15, -0.1) is 11.3 Å². The van der Waals surface area contributed by atoms with Gasteiger partial charge in [-0.2, -0.15) is 14.5 Å². The van der Waals surface area contributed by atoms with E-state index in [1.807, 2.05) is 24.3 Å². The number of carbonyl (C=O) groups is 1. The van der Waals surface area contributed by atoms with E-state index in [9.17, 15) is 9.18 Å². The second kappa shape index (κ2) is 9.82. The maximum atomic E-state index is 13.6. The van der Waals surface area contributed by atoms with Crippen molar-refractivity contribution in [3.05, 3.63) is 71.4 Å². The molecule has 0 bridgehead atoms. The van der Waals surface area contributed by atoms with Crippen LogP contribution in [0, 0.1) is 5.82 Å². The smallest absolute Gasteiger partial charge is 0.260 e. The lowest BCUT2D eigenvalue weighted by Gasteiger charge is -2.05. The number of halogens is 2. The first-order chi connectivity index (χ1) is 15.1. The normalized spacial score (nSPS) is 11.2. The molecule has 0 aliphatic rings. The molecule has 0 spiro atoms. The molecule has 2 heterocycles. The molecule has 2 aromatic carbocycles. The number of carbonyl (C=O) groups excluding carboxylic acids is 1. The van der Waals surface area contributed by atoms with Gasteiger partial charge in [-0.05, 0) is 53.6 Å². The van der Waals surface area contributed by atoms with Crippen LogP contribution in [0.25, 0.3) is 10.2 Å². The summed E-state index contributed by atoms with van der Waals surface area (Å²) in [5, 5.41) is 3.83. The van der Waals surface area contributed by atoms with Crippen LogP contribution in [-0.2, 0) is 4.79 Å². The largest absolute Gasteiger partial charge is 0.436 e. The molecule has 4 aromatic rings. The van der Waals surface area contributed by atoms with Gasteiger partial charge in [0, 0.05) is 0 Å². The first-order valence-corrected chi connectivity index (χ1v) is 11.0. The minimum atomic E-state index is -0.721. The Balaban J connectivity index is 1.27. The van der Waals surface area contributed by atoms with Gasteiger partial charge in [0.15, 0.2) is 4.34 Å². The molecule has 4 rings (SSSR count). The summed E-state index contributed by atoms with van der Waals surface area (Å²) in [6.07, 6.45) is 2.43. The summed E-state index contributed by atoms with van der Waals surface area (Å²) in [6.45, 7) is 0. The van der Waals surface area contributed by atoms with Gasteiger partial charge in [0.2, 0.25) is 11.1 Å². The fourth-order valence-electron chi connectivity index (χ4n) is 2.39. The van der Waals surface area contributed by atoms with Crippen molar-refractivity contribution in [3.8, 4) is 11.6 Å². The van der Waals surface area contributed by atoms with E-state index in [0.29, 0.717) is 11.3 Å². The Labute approximate surface area is 189 Å². The third kappa shape index (κ3) is 5.75. The van der Waals surface area contributed by atoms with Crippen molar-refractivity contribution in [1.29, 1.82) is 0 Å². The van der Waals surface area contributed by atoms with Crippen molar-refractivity contribution in [3.63, 3.8) is 0 Å². The van der Waals surface area contributed by atoms with Crippen LogP contribution in [0.3, 0.4) is 0 Å². The summed E-state index contributed by atoms with van der Waals surface area (Å²) in [6, 6.07) is 14.4. The Morgan fingerprint density at radius 2 is 2.03 bits per heavy atom. The molecule has 0 saturated carbocycles. The highest BCUT2D eigenvalue weighted by atomic mass is 35.5. The van der Waals surface area contributed by atoms with E-state index in [1.54, 1.807) is 35.6 Å². The van der Waals surface area contributed by atoms with Crippen LogP contribution in [0.5, 0.6) is 11.6 Å². The lowest BCUT2D eigenvalue weighted by molar-refractivity contribution is -0.118. The first kappa shape index (κ1) is 21.2. The third-order valence-electron chi connectivity index (χ3n) is 3.78. The second-order valence-corrected chi connectivity index (χ2v) is 8.58. The van der Waals surface area contributed by atoms with E-state index in [1.165, 1.54) is 18.0 Å². The molecule has 0 unspecified atom stereocenters. The van der Waals surface area contributed by atoms with Gasteiger partial charge in [0.05, 0.1) is 28.4 Å². The highest BCUT2D eigenvalue weighted by Gasteiger charge is 2.09. The minimum absolute atomic E-state index is 0.114. The lowest BCUT2D eigenvalue weighted by Crippen LogP contribution is -2.19. The van der Waals surface area contributed by atoms with Crippen molar-refractivity contribution in [1.82, 2.24) is 20.4 Å². The molecule has 0 fully saturated rings. The number of thioether (sulfide) groups is 1. The number of nitrogens with zero attached hydrogens (tertiary/aromatic N) is 4. The Morgan fingerprint density at radius 3 is 2.84 bits per heavy atom. The number of aromatic nitrogens is 3. The SMILES string of the molecule is O=C(CSc1nc2ccccc2s1)NN=Cc1ccc(Oc2nc(Cl)ncc2F)cc1. The number of hydrazone groups is 1. The highest BCUT2D eigenvalue weighted by molar-refractivity contribution is 8.01. The topological polar surface area (TPSA) is 89.4 Å². The summed E-state index contributed by atoms with van der Waals surface area (Å²) in [5.41, 5.74) is 4.12. The molecule has 0 saturated heterocycles. The number of ether oxygens (including phenoxy) is 1.